The maximum absolute atomic E-state index is 13.4. The van der Waals surface area contributed by atoms with Gasteiger partial charge in [0.05, 0.1) is 11.6 Å². The molecule has 1 unspecified atom stereocenters. The van der Waals surface area contributed by atoms with Gasteiger partial charge in [-0.1, -0.05) is 23.5 Å². The van der Waals surface area contributed by atoms with Crippen molar-refractivity contribution in [3.63, 3.8) is 0 Å². The Labute approximate surface area is 182 Å². The zero-order valence-corrected chi connectivity index (χ0v) is 18.6. The first-order valence-corrected chi connectivity index (χ1v) is 11.6. The van der Waals surface area contributed by atoms with Gasteiger partial charge in [-0.3, -0.25) is 0 Å². The van der Waals surface area contributed by atoms with Crippen LogP contribution in [0.15, 0.2) is 47.6 Å². The zero-order valence-electron chi connectivity index (χ0n) is 16.9. The predicted octanol–water partition coefficient (Wildman–Crippen LogP) is 3.68. The van der Waals surface area contributed by atoms with E-state index in [0.717, 1.165) is 10.0 Å². The molecule has 2 aromatic heterocycles. The van der Waals surface area contributed by atoms with Crippen LogP contribution in [0.5, 0.6) is 0 Å². The van der Waals surface area contributed by atoms with Crippen molar-refractivity contribution < 1.29 is 12.8 Å². The highest BCUT2D eigenvalue weighted by molar-refractivity contribution is 7.89. The summed E-state index contributed by atoms with van der Waals surface area (Å²) in [6, 6.07) is 8.94. The van der Waals surface area contributed by atoms with E-state index in [0.29, 0.717) is 22.3 Å². The molecule has 2 aromatic carbocycles. The van der Waals surface area contributed by atoms with E-state index in [9.17, 15) is 12.8 Å². The van der Waals surface area contributed by atoms with Gasteiger partial charge in [0.25, 0.3) is 0 Å². The van der Waals surface area contributed by atoms with Crippen LogP contribution in [0, 0.1) is 12.7 Å². The molecule has 0 amide bonds. The first kappa shape index (κ1) is 21.2. The Bertz CT molecular complexity index is 1360. The first-order chi connectivity index (χ1) is 14.8. The Morgan fingerprint density at radius 2 is 1.81 bits per heavy atom. The fourth-order valence-corrected chi connectivity index (χ4v) is 4.75. The summed E-state index contributed by atoms with van der Waals surface area (Å²) in [4.78, 5) is 8.58. The van der Waals surface area contributed by atoms with Gasteiger partial charge in [0.15, 0.2) is 0 Å². The Morgan fingerprint density at radius 3 is 2.45 bits per heavy atom. The number of fused-ring (bicyclic) bond motifs is 1. The Balaban J connectivity index is 1.90. The number of hydrogen-bond donors (Lipinski definition) is 2. The molecule has 0 spiro atoms. The number of nitrogens with zero attached hydrogens (tertiary/aromatic N) is 4. The van der Waals surface area contributed by atoms with Crippen LogP contribution < -0.4 is 10.0 Å². The quantitative estimate of drug-likeness (QED) is 0.454. The molecule has 4 aromatic rings. The number of anilines is 1. The summed E-state index contributed by atoms with van der Waals surface area (Å²) >= 11 is 1.46. The third kappa shape index (κ3) is 4.24. The van der Waals surface area contributed by atoms with Gasteiger partial charge in [-0.15, -0.1) is 10.2 Å². The van der Waals surface area contributed by atoms with Crippen LogP contribution in [0.3, 0.4) is 0 Å². The Hall–Kier alpha value is -3.02. The highest BCUT2D eigenvalue weighted by atomic mass is 32.2. The van der Waals surface area contributed by atoms with Crippen molar-refractivity contribution in [1.82, 2.24) is 24.9 Å². The van der Waals surface area contributed by atoms with Crippen LogP contribution in [-0.4, -0.2) is 35.6 Å². The van der Waals surface area contributed by atoms with Gasteiger partial charge in [0.1, 0.15) is 32.9 Å². The second-order valence-corrected chi connectivity index (χ2v) is 9.90. The molecule has 160 valence electrons. The second kappa shape index (κ2) is 8.25. The molecule has 2 heterocycles. The number of halogens is 1. The number of rotatable bonds is 6. The largest absolute Gasteiger partial charge is 0.360 e. The van der Waals surface area contributed by atoms with Crippen molar-refractivity contribution in [1.29, 1.82) is 0 Å². The summed E-state index contributed by atoms with van der Waals surface area (Å²) in [7, 11) is -2.48. The van der Waals surface area contributed by atoms with Gasteiger partial charge in [-0.2, -0.15) is 0 Å². The molecule has 31 heavy (non-hydrogen) atoms. The van der Waals surface area contributed by atoms with Gasteiger partial charge < -0.3 is 5.32 Å². The molecule has 11 heteroatoms. The van der Waals surface area contributed by atoms with Crippen molar-refractivity contribution in [3.05, 3.63) is 58.6 Å². The third-order valence-electron chi connectivity index (χ3n) is 4.70. The molecular weight excluding hydrogens is 439 g/mol. The molecule has 0 aliphatic carbocycles. The monoisotopic (exact) mass is 458 g/mol. The Morgan fingerprint density at radius 1 is 1.06 bits per heavy atom. The van der Waals surface area contributed by atoms with Crippen molar-refractivity contribution in [3.8, 4) is 11.1 Å². The molecule has 0 radical (unpaired) electrons. The lowest BCUT2D eigenvalue weighted by Gasteiger charge is -2.16. The smallest absolute Gasteiger partial charge is 0.242 e. The lowest BCUT2D eigenvalue weighted by atomic mass is 10.0. The maximum atomic E-state index is 13.4. The van der Waals surface area contributed by atoms with Crippen molar-refractivity contribution in [2.24, 2.45) is 0 Å². The summed E-state index contributed by atoms with van der Waals surface area (Å²) in [6.45, 7) is 3.79. The summed E-state index contributed by atoms with van der Waals surface area (Å²) in [5.74, 6) is 0.0846. The van der Waals surface area contributed by atoms with Gasteiger partial charge in [-0.05, 0) is 56.3 Å². The number of sulfonamides is 1. The van der Waals surface area contributed by atoms with Gasteiger partial charge >= 0.3 is 0 Å². The summed E-state index contributed by atoms with van der Waals surface area (Å²) in [5.41, 5.74) is 1.54. The van der Waals surface area contributed by atoms with E-state index in [1.54, 1.807) is 18.2 Å². The fraction of sp³-hybridized carbons (Fsp3) is 0.200. The fourth-order valence-electron chi connectivity index (χ4n) is 3.13. The summed E-state index contributed by atoms with van der Waals surface area (Å²) < 4.78 is 41.2. The second-order valence-electron chi connectivity index (χ2n) is 6.83. The average Bonchev–Trinajstić information content (AvgIpc) is 3.20. The van der Waals surface area contributed by atoms with Crippen molar-refractivity contribution in [2.75, 3.05) is 12.4 Å². The van der Waals surface area contributed by atoms with Crippen LogP contribution in [0.2, 0.25) is 0 Å². The van der Waals surface area contributed by atoms with E-state index in [4.69, 9.17) is 0 Å². The highest BCUT2D eigenvalue weighted by Gasteiger charge is 2.21. The SMILES string of the molecule is CNS(=O)(=O)c1cc(-c2ccc(F)cc2)cc2c(NC(C)c3nnc(C)s3)ncnc12. The number of aryl methyl sites for hydroxylation is 1. The number of aromatic nitrogens is 4. The number of benzene rings is 2. The van der Waals surface area contributed by atoms with Gasteiger partial charge in [0.2, 0.25) is 10.0 Å². The minimum Gasteiger partial charge on any atom is -0.360 e. The normalized spacial score (nSPS) is 12.8. The Kier molecular flexibility index (Phi) is 5.65. The minimum atomic E-state index is -3.82. The molecule has 0 aliphatic rings. The molecule has 0 bridgehead atoms. The molecule has 0 aliphatic heterocycles. The molecule has 2 N–H and O–H groups in total. The molecule has 1 atom stereocenters. The first-order valence-electron chi connectivity index (χ1n) is 9.33. The minimum absolute atomic E-state index is 0.0108. The highest BCUT2D eigenvalue weighted by Crippen LogP contribution is 2.33. The molecule has 0 fully saturated rings. The van der Waals surface area contributed by atoms with Gasteiger partial charge in [0, 0.05) is 5.39 Å². The van der Waals surface area contributed by atoms with Crippen LogP contribution in [0.1, 0.15) is 23.0 Å². The topological polar surface area (TPSA) is 110 Å². The van der Waals surface area contributed by atoms with Crippen LogP contribution in [-0.2, 0) is 10.0 Å². The predicted molar refractivity (Wildman–Crippen MR) is 118 cm³/mol. The van der Waals surface area contributed by atoms with E-state index < -0.39 is 10.0 Å². The molecular formula is C20H19FN6O2S2. The summed E-state index contributed by atoms with van der Waals surface area (Å²) in [6.07, 6.45) is 1.31. The molecule has 4 rings (SSSR count). The van der Waals surface area contributed by atoms with Gasteiger partial charge in [-0.25, -0.2) is 27.5 Å². The van der Waals surface area contributed by atoms with E-state index in [1.165, 1.54) is 42.9 Å². The zero-order chi connectivity index (χ0) is 22.2. The number of nitrogens with one attached hydrogen (secondary N) is 2. The summed E-state index contributed by atoms with van der Waals surface area (Å²) in [5, 5.41) is 13.6. The molecule has 8 nitrogen and oxygen atoms in total. The van der Waals surface area contributed by atoms with Crippen LogP contribution in [0.25, 0.3) is 22.0 Å². The van der Waals surface area contributed by atoms with E-state index in [1.807, 2.05) is 13.8 Å². The molecule has 0 saturated carbocycles. The average molecular weight is 459 g/mol. The van der Waals surface area contributed by atoms with E-state index >= 15 is 0 Å². The lowest BCUT2D eigenvalue weighted by molar-refractivity contribution is 0.589. The van der Waals surface area contributed by atoms with Crippen molar-refractivity contribution >= 4 is 38.1 Å². The van der Waals surface area contributed by atoms with E-state index in [2.05, 4.69) is 30.2 Å². The van der Waals surface area contributed by atoms with Crippen LogP contribution >= 0.6 is 11.3 Å². The van der Waals surface area contributed by atoms with Crippen molar-refractivity contribution in [2.45, 2.75) is 24.8 Å². The maximum Gasteiger partial charge on any atom is 0.242 e. The van der Waals surface area contributed by atoms with E-state index in [-0.39, 0.29) is 22.3 Å². The van der Waals surface area contributed by atoms with Crippen LogP contribution in [0.4, 0.5) is 10.2 Å². The number of hydrogen-bond acceptors (Lipinski definition) is 8. The standard InChI is InChI=1S/C20H19FN6O2S2/c1-11(20-27-26-12(2)30-20)25-19-16-8-14(13-4-6-15(21)7-5-13)9-17(31(28,29)22-3)18(16)23-10-24-19/h4-11,22H,1-3H3,(H,23,24,25). The third-order valence-corrected chi connectivity index (χ3v) is 7.15. The lowest BCUT2D eigenvalue weighted by Crippen LogP contribution is -2.19. The molecule has 0 saturated heterocycles.